The molecular formula is C17H26N2O. The number of carbonyl (C=O) groups is 1. The van der Waals surface area contributed by atoms with Gasteiger partial charge in [0.25, 0.3) is 5.91 Å². The second-order valence-corrected chi connectivity index (χ2v) is 5.90. The van der Waals surface area contributed by atoms with Crippen LogP contribution in [0.4, 0.5) is 5.69 Å². The number of hydrogen-bond acceptors (Lipinski definition) is 2. The first-order valence-corrected chi connectivity index (χ1v) is 7.77. The smallest absolute Gasteiger partial charge is 0.251 e. The Kier molecular flexibility index (Phi) is 5.05. The van der Waals surface area contributed by atoms with E-state index < -0.39 is 0 Å². The van der Waals surface area contributed by atoms with E-state index >= 15 is 0 Å². The van der Waals surface area contributed by atoms with Gasteiger partial charge in [0.2, 0.25) is 0 Å². The van der Waals surface area contributed by atoms with Crippen LogP contribution in [0.25, 0.3) is 0 Å². The summed E-state index contributed by atoms with van der Waals surface area (Å²) in [6.07, 6.45) is 5.17. The molecule has 3 nitrogen and oxygen atoms in total. The molecule has 3 heteroatoms. The zero-order valence-electron chi connectivity index (χ0n) is 12.8. The Labute approximate surface area is 122 Å². The third kappa shape index (κ3) is 3.53. The van der Waals surface area contributed by atoms with Gasteiger partial charge < -0.3 is 10.6 Å². The second kappa shape index (κ2) is 6.78. The maximum Gasteiger partial charge on any atom is 0.251 e. The number of aryl methyl sites for hydroxylation is 1. The number of nitrogens with one attached hydrogen (secondary N) is 2. The zero-order chi connectivity index (χ0) is 14.5. The van der Waals surface area contributed by atoms with Crippen molar-refractivity contribution < 1.29 is 4.79 Å². The van der Waals surface area contributed by atoms with Gasteiger partial charge in [-0.3, -0.25) is 4.79 Å². The Morgan fingerprint density at radius 3 is 2.75 bits per heavy atom. The molecule has 1 saturated carbocycles. The quantitative estimate of drug-likeness (QED) is 0.878. The van der Waals surface area contributed by atoms with Gasteiger partial charge in [-0.2, -0.15) is 0 Å². The van der Waals surface area contributed by atoms with Gasteiger partial charge >= 0.3 is 0 Å². The van der Waals surface area contributed by atoms with Crippen LogP contribution < -0.4 is 10.6 Å². The first-order chi connectivity index (χ1) is 9.61. The van der Waals surface area contributed by atoms with Crippen LogP contribution >= 0.6 is 0 Å². The normalized spacial score (nSPS) is 22.4. The van der Waals surface area contributed by atoms with E-state index in [1.165, 1.54) is 31.2 Å². The van der Waals surface area contributed by atoms with Gasteiger partial charge in [0, 0.05) is 23.8 Å². The molecule has 1 aromatic rings. The lowest BCUT2D eigenvalue weighted by Gasteiger charge is -2.31. The molecule has 1 amide bonds. The van der Waals surface area contributed by atoms with Crippen LogP contribution in [-0.2, 0) is 0 Å². The minimum Gasteiger partial charge on any atom is -0.382 e. The molecule has 0 spiro atoms. The van der Waals surface area contributed by atoms with E-state index in [-0.39, 0.29) is 5.91 Å². The Morgan fingerprint density at radius 1 is 1.30 bits per heavy atom. The minimum absolute atomic E-state index is 0.00671. The SMILES string of the molecule is CCNC(=O)c1ccc(C)c(NC2CCCCC2C)c1. The van der Waals surface area contributed by atoms with Gasteiger partial charge in [0.05, 0.1) is 0 Å². The maximum atomic E-state index is 11.9. The molecule has 0 bridgehead atoms. The molecule has 2 rings (SSSR count). The van der Waals surface area contributed by atoms with Crippen LogP contribution in [0, 0.1) is 12.8 Å². The number of benzene rings is 1. The molecular weight excluding hydrogens is 248 g/mol. The number of rotatable bonds is 4. The second-order valence-electron chi connectivity index (χ2n) is 5.90. The predicted molar refractivity (Wildman–Crippen MR) is 84.2 cm³/mol. The van der Waals surface area contributed by atoms with E-state index in [0.29, 0.717) is 18.5 Å². The highest BCUT2D eigenvalue weighted by molar-refractivity contribution is 5.95. The largest absolute Gasteiger partial charge is 0.382 e. The number of hydrogen-bond donors (Lipinski definition) is 2. The molecule has 20 heavy (non-hydrogen) atoms. The third-order valence-electron chi connectivity index (χ3n) is 4.29. The van der Waals surface area contributed by atoms with Crippen LogP contribution in [0.5, 0.6) is 0 Å². The lowest BCUT2D eigenvalue weighted by molar-refractivity contribution is 0.0956. The molecule has 1 aliphatic rings. The van der Waals surface area contributed by atoms with E-state index in [4.69, 9.17) is 0 Å². The van der Waals surface area contributed by atoms with Crippen molar-refractivity contribution in [1.29, 1.82) is 0 Å². The summed E-state index contributed by atoms with van der Waals surface area (Å²) in [5.74, 6) is 0.712. The van der Waals surface area contributed by atoms with Crippen molar-refractivity contribution in [3.8, 4) is 0 Å². The van der Waals surface area contributed by atoms with Crippen molar-refractivity contribution in [3.63, 3.8) is 0 Å². The fourth-order valence-corrected chi connectivity index (χ4v) is 2.91. The zero-order valence-corrected chi connectivity index (χ0v) is 12.8. The van der Waals surface area contributed by atoms with Crippen LogP contribution in [0.15, 0.2) is 18.2 Å². The summed E-state index contributed by atoms with van der Waals surface area (Å²) in [5, 5.41) is 6.51. The molecule has 110 valence electrons. The van der Waals surface area contributed by atoms with E-state index in [2.05, 4.69) is 24.5 Å². The lowest BCUT2D eigenvalue weighted by Crippen LogP contribution is -2.30. The lowest BCUT2D eigenvalue weighted by atomic mass is 9.85. The predicted octanol–water partition coefficient (Wildman–Crippen LogP) is 3.74. The molecule has 1 fully saturated rings. The highest BCUT2D eigenvalue weighted by Crippen LogP contribution is 2.28. The molecule has 1 aliphatic carbocycles. The van der Waals surface area contributed by atoms with Crippen LogP contribution in [0.2, 0.25) is 0 Å². The summed E-state index contributed by atoms with van der Waals surface area (Å²) < 4.78 is 0. The van der Waals surface area contributed by atoms with Crippen molar-refractivity contribution in [2.75, 3.05) is 11.9 Å². The molecule has 1 aromatic carbocycles. The summed E-state index contributed by atoms with van der Waals surface area (Å²) in [5.41, 5.74) is 3.05. The topological polar surface area (TPSA) is 41.1 Å². The standard InChI is InChI=1S/C17H26N2O/c1-4-18-17(20)14-10-9-13(3)16(11-14)19-15-8-6-5-7-12(15)2/h9-12,15,19H,4-8H2,1-3H3,(H,18,20). The van der Waals surface area contributed by atoms with Gasteiger partial charge in [0.1, 0.15) is 0 Å². The summed E-state index contributed by atoms with van der Waals surface area (Å²) in [4.78, 5) is 11.9. The van der Waals surface area contributed by atoms with Crippen molar-refractivity contribution in [1.82, 2.24) is 5.32 Å². The molecule has 0 aliphatic heterocycles. The van der Waals surface area contributed by atoms with E-state index in [1.807, 2.05) is 25.1 Å². The molecule has 0 heterocycles. The Morgan fingerprint density at radius 2 is 2.05 bits per heavy atom. The van der Waals surface area contributed by atoms with Gasteiger partial charge in [0.15, 0.2) is 0 Å². The van der Waals surface area contributed by atoms with E-state index in [1.54, 1.807) is 0 Å². The molecule has 2 atom stereocenters. The van der Waals surface area contributed by atoms with Gasteiger partial charge in [-0.1, -0.05) is 25.8 Å². The first kappa shape index (κ1) is 14.9. The van der Waals surface area contributed by atoms with Crippen molar-refractivity contribution in [3.05, 3.63) is 29.3 Å². The Hall–Kier alpha value is -1.51. The number of carbonyl (C=O) groups excluding carboxylic acids is 1. The summed E-state index contributed by atoms with van der Waals surface area (Å²) >= 11 is 0. The van der Waals surface area contributed by atoms with E-state index in [9.17, 15) is 4.79 Å². The monoisotopic (exact) mass is 274 g/mol. The fourth-order valence-electron chi connectivity index (χ4n) is 2.91. The maximum absolute atomic E-state index is 11.9. The molecule has 0 saturated heterocycles. The first-order valence-electron chi connectivity index (χ1n) is 7.77. The third-order valence-corrected chi connectivity index (χ3v) is 4.29. The minimum atomic E-state index is 0.00671. The molecule has 0 aromatic heterocycles. The Bertz CT molecular complexity index is 470. The van der Waals surface area contributed by atoms with Crippen LogP contribution in [-0.4, -0.2) is 18.5 Å². The number of anilines is 1. The van der Waals surface area contributed by atoms with Gasteiger partial charge in [-0.15, -0.1) is 0 Å². The molecule has 2 unspecified atom stereocenters. The van der Waals surface area contributed by atoms with Gasteiger partial charge in [-0.25, -0.2) is 0 Å². The fraction of sp³-hybridized carbons (Fsp3) is 0.588. The highest BCUT2D eigenvalue weighted by Gasteiger charge is 2.21. The number of amides is 1. The summed E-state index contributed by atoms with van der Waals surface area (Å²) in [6, 6.07) is 6.45. The summed E-state index contributed by atoms with van der Waals surface area (Å²) in [7, 11) is 0. The average Bonchev–Trinajstić information content (AvgIpc) is 2.44. The summed E-state index contributed by atoms with van der Waals surface area (Å²) in [6.45, 7) is 7.02. The van der Waals surface area contributed by atoms with Crippen LogP contribution in [0.1, 0.15) is 55.5 Å². The molecule has 0 radical (unpaired) electrons. The van der Waals surface area contributed by atoms with Crippen LogP contribution in [0.3, 0.4) is 0 Å². The van der Waals surface area contributed by atoms with E-state index in [0.717, 1.165) is 11.3 Å². The van der Waals surface area contributed by atoms with Gasteiger partial charge in [-0.05, 0) is 50.3 Å². The molecule has 2 N–H and O–H groups in total. The Balaban J connectivity index is 2.13. The van der Waals surface area contributed by atoms with Crippen molar-refractivity contribution in [2.45, 2.75) is 52.5 Å². The average molecular weight is 274 g/mol. The van der Waals surface area contributed by atoms with Crippen molar-refractivity contribution in [2.24, 2.45) is 5.92 Å². The highest BCUT2D eigenvalue weighted by atomic mass is 16.1. The van der Waals surface area contributed by atoms with Crippen molar-refractivity contribution >= 4 is 11.6 Å².